The molecule has 0 saturated carbocycles. The standard InChI is InChI=1S/C16H15F2N3O3/c17-16(18)24-13-3-1-11(2-4-13)14-10-21(7-8-23-14)15(22)12-5-6-19-20-9-12/h1-6,9,14,16H,7-8,10H2. The van der Waals surface area contributed by atoms with E-state index >= 15 is 0 Å². The van der Waals surface area contributed by atoms with Crippen LogP contribution in [0, 0.1) is 0 Å². The van der Waals surface area contributed by atoms with E-state index in [9.17, 15) is 13.6 Å². The summed E-state index contributed by atoms with van der Waals surface area (Å²) in [6.45, 7) is -1.62. The van der Waals surface area contributed by atoms with E-state index in [0.29, 0.717) is 25.3 Å². The number of rotatable bonds is 4. The number of ether oxygens (including phenoxy) is 2. The number of halogens is 2. The number of benzene rings is 1. The number of hydrogen-bond donors (Lipinski definition) is 0. The summed E-state index contributed by atoms with van der Waals surface area (Å²) >= 11 is 0. The third-order valence-electron chi connectivity index (χ3n) is 3.66. The van der Waals surface area contributed by atoms with Crippen molar-refractivity contribution in [2.75, 3.05) is 19.7 Å². The lowest BCUT2D eigenvalue weighted by molar-refractivity contribution is -0.0499. The molecular formula is C16H15F2N3O3. The van der Waals surface area contributed by atoms with E-state index in [4.69, 9.17) is 4.74 Å². The Morgan fingerprint density at radius 1 is 1.25 bits per heavy atom. The van der Waals surface area contributed by atoms with Gasteiger partial charge in [-0.1, -0.05) is 12.1 Å². The fraction of sp³-hybridized carbons (Fsp3) is 0.312. The molecule has 1 saturated heterocycles. The molecule has 0 N–H and O–H groups in total. The minimum absolute atomic E-state index is 0.0837. The van der Waals surface area contributed by atoms with Crippen LogP contribution in [0.5, 0.6) is 5.75 Å². The minimum atomic E-state index is -2.86. The van der Waals surface area contributed by atoms with Crippen molar-refractivity contribution >= 4 is 5.91 Å². The monoisotopic (exact) mass is 335 g/mol. The van der Waals surface area contributed by atoms with Gasteiger partial charge in [0.25, 0.3) is 5.91 Å². The predicted molar refractivity (Wildman–Crippen MR) is 79.7 cm³/mol. The van der Waals surface area contributed by atoms with Crippen LogP contribution in [0.1, 0.15) is 22.0 Å². The average Bonchev–Trinajstić information content (AvgIpc) is 2.62. The molecule has 0 aliphatic carbocycles. The molecule has 1 unspecified atom stereocenters. The first-order chi connectivity index (χ1) is 11.6. The van der Waals surface area contributed by atoms with E-state index in [1.165, 1.54) is 24.5 Å². The number of hydrogen-bond acceptors (Lipinski definition) is 5. The van der Waals surface area contributed by atoms with Crippen molar-refractivity contribution in [2.45, 2.75) is 12.7 Å². The molecule has 1 fully saturated rings. The van der Waals surface area contributed by atoms with Crippen LogP contribution < -0.4 is 4.74 Å². The summed E-state index contributed by atoms with van der Waals surface area (Å²) in [5.41, 5.74) is 1.26. The predicted octanol–water partition coefficient (Wildman–Crippen LogP) is 2.29. The summed E-state index contributed by atoms with van der Waals surface area (Å²) in [5, 5.41) is 7.36. The molecule has 1 aliphatic heterocycles. The van der Waals surface area contributed by atoms with E-state index in [-0.39, 0.29) is 17.8 Å². The van der Waals surface area contributed by atoms with Crippen LogP contribution in [0.4, 0.5) is 8.78 Å². The zero-order chi connectivity index (χ0) is 16.9. The van der Waals surface area contributed by atoms with E-state index in [0.717, 1.165) is 5.56 Å². The summed E-state index contributed by atoms with van der Waals surface area (Å²) in [4.78, 5) is 14.1. The molecular weight excluding hydrogens is 320 g/mol. The van der Waals surface area contributed by atoms with Gasteiger partial charge in [-0.15, -0.1) is 0 Å². The van der Waals surface area contributed by atoms with Gasteiger partial charge in [-0.2, -0.15) is 19.0 Å². The van der Waals surface area contributed by atoms with Crippen LogP contribution in [-0.4, -0.2) is 47.3 Å². The first-order valence-electron chi connectivity index (χ1n) is 7.36. The summed E-state index contributed by atoms with van der Waals surface area (Å²) in [7, 11) is 0. The molecule has 0 radical (unpaired) electrons. The second-order valence-electron chi connectivity index (χ2n) is 5.19. The number of morpholine rings is 1. The van der Waals surface area contributed by atoms with Crippen LogP contribution in [-0.2, 0) is 4.74 Å². The van der Waals surface area contributed by atoms with Crippen LogP contribution in [0.15, 0.2) is 42.7 Å². The maximum absolute atomic E-state index is 12.5. The van der Waals surface area contributed by atoms with Crippen molar-refractivity contribution in [3.8, 4) is 5.75 Å². The first-order valence-corrected chi connectivity index (χ1v) is 7.36. The van der Waals surface area contributed by atoms with Gasteiger partial charge in [0.1, 0.15) is 11.9 Å². The molecule has 1 aromatic heterocycles. The van der Waals surface area contributed by atoms with Crippen LogP contribution in [0.2, 0.25) is 0 Å². The van der Waals surface area contributed by atoms with Gasteiger partial charge in [0, 0.05) is 6.54 Å². The molecule has 1 aromatic carbocycles. The zero-order valence-corrected chi connectivity index (χ0v) is 12.6. The molecule has 3 rings (SSSR count). The molecule has 6 nitrogen and oxygen atoms in total. The molecule has 1 atom stereocenters. The van der Waals surface area contributed by atoms with E-state index in [1.54, 1.807) is 23.1 Å². The number of carbonyl (C=O) groups excluding carboxylic acids is 1. The lowest BCUT2D eigenvalue weighted by atomic mass is 10.1. The van der Waals surface area contributed by atoms with E-state index in [2.05, 4.69) is 14.9 Å². The summed E-state index contributed by atoms with van der Waals surface area (Å²) in [6.07, 6.45) is 2.56. The molecule has 126 valence electrons. The number of amides is 1. The molecule has 0 bridgehead atoms. The van der Waals surface area contributed by atoms with Crippen LogP contribution >= 0.6 is 0 Å². The van der Waals surface area contributed by atoms with Gasteiger partial charge in [0.05, 0.1) is 31.1 Å². The summed E-state index contributed by atoms with van der Waals surface area (Å²) in [5.74, 6) is -0.0591. The van der Waals surface area contributed by atoms with Crippen molar-refractivity contribution < 1.29 is 23.0 Å². The zero-order valence-electron chi connectivity index (χ0n) is 12.6. The Balaban J connectivity index is 1.68. The topological polar surface area (TPSA) is 64.6 Å². The highest BCUT2D eigenvalue weighted by Gasteiger charge is 2.26. The smallest absolute Gasteiger partial charge is 0.387 e. The summed E-state index contributed by atoms with van der Waals surface area (Å²) in [6, 6.07) is 7.84. The molecule has 24 heavy (non-hydrogen) atoms. The Bertz CT molecular complexity index is 683. The molecule has 2 heterocycles. The molecule has 8 heteroatoms. The maximum atomic E-state index is 12.5. The fourth-order valence-corrected chi connectivity index (χ4v) is 2.50. The van der Waals surface area contributed by atoms with Gasteiger partial charge in [0.2, 0.25) is 0 Å². The highest BCUT2D eigenvalue weighted by atomic mass is 19.3. The van der Waals surface area contributed by atoms with E-state index in [1.807, 2.05) is 0 Å². The van der Waals surface area contributed by atoms with Crippen molar-refractivity contribution in [1.82, 2.24) is 15.1 Å². The minimum Gasteiger partial charge on any atom is -0.435 e. The lowest BCUT2D eigenvalue weighted by Gasteiger charge is -2.33. The van der Waals surface area contributed by atoms with Gasteiger partial charge in [0.15, 0.2) is 0 Å². The Hall–Kier alpha value is -2.61. The highest BCUT2D eigenvalue weighted by Crippen LogP contribution is 2.25. The van der Waals surface area contributed by atoms with Gasteiger partial charge >= 0.3 is 6.61 Å². The second kappa shape index (κ2) is 7.31. The first kappa shape index (κ1) is 16.3. The summed E-state index contributed by atoms with van der Waals surface area (Å²) < 4.78 is 34.4. The molecule has 0 spiro atoms. The Morgan fingerprint density at radius 3 is 2.71 bits per heavy atom. The van der Waals surface area contributed by atoms with Crippen LogP contribution in [0.25, 0.3) is 0 Å². The van der Waals surface area contributed by atoms with Gasteiger partial charge in [-0.05, 0) is 23.8 Å². The molecule has 2 aromatic rings. The normalized spacial score (nSPS) is 17.8. The van der Waals surface area contributed by atoms with Gasteiger partial charge in [-0.25, -0.2) is 0 Å². The molecule has 1 aliphatic rings. The Morgan fingerprint density at radius 2 is 2.04 bits per heavy atom. The maximum Gasteiger partial charge on any atom is 0.387 e. The highest BCUT2D eigenvalue weighted by molar-refractivity contribution is 5.93. The number of aromatic nitrogens is 2. The largest absolute Gasteiger partial charge is 0.435 e. The second-order valence-corrected chi connectivity index (χ2v) is 5.19. The Kier molecular flexibility index (Phi) is 4.95. The van der Waals surface area contributed by atoms with E-state index < -0.39 is 6.61 Å². The van der Waals surface area contributed by atoms with Crippen molar-refractivity contribution in [2.24, 2.45) is 0 Å². The third-order valence-corrected chi connectivity index (χ3v) is 3.66. The number of carbonyl (C=O) groups is 1. The molecule has 1 amide bonds. The van der Waals surface area contributed by atoms with Crippen LogP contribution in [0.3, 0.4) is 0 Å². The van der Waals surface area contributed by atoms with Gasteiger partial charge < -0.3 is 14.4 Å². The lowest BCUT2D eigenvalue weighted by Crippen LogP contribution is -2.42. The van der Waals surface area contributed by atoms with Crippen molar-refractivity contribution in [1.29, 1.82) is 0 Å². The SMILES string of the molecule is O=C(c1ccnnc1)N1CCOC(c2ccc(OC(F)F)cc2)C1. The quantitative estimate of drug-likeness (QED) is 0.858. The van der Waals surface area contributed by atoms with Crippen molar-refractivity contribution in [3.63, 3.8) is 0 Å². The average molecular weight is 335 g/mol. The Labute approximate surface area is 137 Å². The fourth-order valence-electron chi connectivity index (χ4n) is 2.50. The van der Waals surface area contributed by atoms with Crippen molar-refractivity contribution in [3.05, 3.63) is 53.9 Å². The number of nitrogens with zero attached hydrogens (tertiary/aromatic N) is 3. The third kappa shape index (κ3) is 3.83. The van der Waals surface area contributed by atoms with Gasteiger partial charge in [-0.3, -0.25) is 4.79 Å². The number of alkyl halides is 2.